The number of anilines is 1. The van der Waals surface area contributed by atoms with Crippen LogP contribution in [0.4, 0.5) is 5.69 Å². The number of benzene rings is 1. The van der Waals surface area contributed by atoms with E-state index in [9.17, 15) is 8.76 Å². The lowest BCUT2D eigenvalue weighted by Crippen LogP contribution is -2.04. The molecule has 0 amide bonds. The summed E-state index contributed by atoms with van der Waals surface area (Å²) in [6, 6.07) is 4.91. The van der Waals surface area contributed by atoms with Crippen LogP contribution in [0.25, 0.3) is 0 Å². The fraction of sp³-hybridized carbons (Fsp3) is 0.111. The first-order valence-corrected chi connectivity index (χ1v) is 6.36. The molecule has 0 heterocycles. The summed E-state index contributed by atoms with van der Waals surface area (Å²) in [7, 11) is -3.40. The zero-order chi connectivity index (χ0) is 10.8. The summed E-state index contributed by atoms with van der Waals surface area (Å²) in [5.41, 5.74) is 6.76. The van der Waals surface area contributed by atoms with Crippen LogP contribution in [0.5, 0.6) is 0 Å². The average molecular weight is 229 g/mol. The van der Waals surface area contributed by atoms with Gasteiger partial charge in [0.05, 0.1) is 10.6 Å². The minimum Gasteiger partial charge on any atom is -0.397 e. The van der Waals surface area contributed by atoms with Gasteiger partial charge in [-0.15, -0.1) is 6.58 Å². The summed E-state index contributed by atoms with van der Waals surface area (Å²) in [6.45, 7) is 3.57. The van der Waals surface area contributed by atoms with E-state index in [4.69, 9.17) is 5.73 Å². The number of hydrogen-bond donors (Lipinski definition) is 2. The minimum atomic E-state index is -3.40. The maximum Gasteiger partial charge on any atom is 0.173 e. The van der Waals surface area contributed by atoms with Crippen LogP contribution in [0.2, 0.25) is 0 Å². The molecule has 3 N–H and O–H groups in total. The van der Waals surface area contributed by atoms with E-state index in [0.717, 1.165) is 5.56 Å². The van der Waals surface area contributed by atoms with Crippen molar-refractivity contribution in [1.29, 1.82) is 0 Å². The molecular formula is C9H11NO2S2. The molecule has 1 aromatic rings. The van der Waals surface area contributed by atoms with Gasteiger partial charge in [-0.1, -0.05) is 18.2 Å². The summed E-state index contributed by atoms with van der Waals surface area (Å²) in [5, 5.41) is 0. The van der Waals surface area contributed by atoms with Gasteiger partial charge in [0.15, 0.2) is 8.77 Å². The fourth-order valence-electron chi connectivity index (χ4n) is 1.15. The van der Waals surface area contributed by atoms with Gasteiger partial charge in [-0.2, -0.15) is 0 Å². The second kappa shape index (κ2) is 4.08. The van der Waals surface area contributed by atoms with Crippen LogP contribution in [0.15, 0.2) is 35.7 Å². The number of nitrogens with two attached hydrogens (primary N) is 1. The molecule has 0 aliphatic carbocycles. The van der Waals surface area contributed by atoms with Crippen molar-refractivity contribution in [2.45, 2.75) is 11.3 Å². The highest BCUT2D eigenvalue weighted by Gasteiger charge is 2.11. The van der Waals surface area contributed by atoms with Crippen molar-refractivity contribution >= 4 is 25.6 Å². The zero-order valence-corrected chi connectivity index (χ0v) is 9.11. The highest BCUT2D eigenvalue weighted by molar-refractivity contribution is 8.29. The Labute approximate surface area is 88.1 Å². The van der Waals surface area contributed by atoms with Gasteiger partial charge < -0.3 is 10.3 Å². The number of nitrogen functional groups attached to an aromatic ring is 1. The first-order valence-electron chi connectivity index (χ1n) is 3.92. The quantitative estimate of drug-likeness (QED) is 0.610. The number of rotatable bonds is 3. The Morgan fingerprint density at radius 1 is 1.64 bits per heavy atom. The fourth-order valence-corrected chi connectivity index (χ4v) is 2.24. The van der Waals surface area contributed by atoms with Gasteiger partial charge in [0.1, 0.15) is 0 Å². The molecule has 1 atom stereocenters. The number of allylic oxidation sites excluding steroid dienone is 1. The molecule has 0 bridgehead atoms. The van der Waals surface area contributed by atoms with Crippen LogP contribution in [0.3, 0.4) is 0 Å². The SMILES string of the molecule is C=CCc1cccc(S(=O)(O)=S)c1N. The first kappa shape index (κ1) is 11.2. The van der Waals surface area contributed by atoms with Crippen LogP contribution in [-0.4, -0.2) is 8.76 Å². The van der Waals surface area contributed by atoms with E-state index < -0.39 is 8.77 Å². The highest BCUT2D eigenvalue weighted by Crippen LogP contribution is 2.22. The Morgan fingerprint density at radius 3 is 2.79 bits per heavy atom. The van der Waals surface area contributed by atoms with Gasteiger partial charge >= 0.3 is 0 Å². The van der Waals surface area contributed by atoms with E-state index in [1.165, 1.54) is 6.07 Å². The molecule has 1 rings (SSSR count). The monoisotopic (exact) mass is 229 g/mol. The lowest BCUT2D eigenvalue weighted by atomic mass is 10.1. The van der Waals surface area contributed by atoms with Crippen molar-refractivity contribution in [3.05, 3.63) is 36.4 Å². The molecule has 14 heavy (non-hydrogen) atoms. The van der Waals surface area contributed by atoms with Crippen molar-refractivity contribution in [1.82, 2.24) is 0 Å². The molecule has 0 radical (unpaired) electrons. The molecule has 0 aromatic heterocycles. The molecule has 3 nitrogen and oxygen atoms in total. The van der Waals surface area contributed by atoms with Gasteiger partial charge in [0.2, 0.25) is 0 Å². The molecule has 0 saturated heterocycles. The lowest BCUT2D eigenvalue weighted by molar-refractivity contribution is 0.562. The molecule has 0 aliphatic rings. The third kappa shape index (κ3) is 2.31. The third-order valence-corrected chi connectivity index (χ3v) is 3.25. The van der Waals surface area contributed by atoms with E-state index in [0.29, 0.717) is 6.42 Å². The first-order chi connectivity index (χ1) is 6.46. The Bertz CT molecular complexity index is 452. The summed E-state index contributed by atoms with van der Waals surface area (Å²) >= 11 is 4.46. The van der Waals surface area contributed by atoms with E-state index in [1.54, 1.807) is 18.2 Å². The Hall–Kier alpha value is -0.910. The maximum absolute atomic E-state index is 11.2. The van der Waals surface area contributed by atoms with Crippen LogP contribution < -0.4 is 5.73 Å². The molecule has 1 aromatic carbocycles. The summed E-state index contributed by atoms with van der Waals surface area (Å²) in [4.78, 5) is 0.117. The van der Waals surface area contributed by atoms with Gasteiger partial charge in [-0.05, 0) is 18.1 Å². The third-order valence-electron chi connectivity index (χ3n) is 1.80. The van der Waals surface area contributed by atoms with Crippen molar-refractivity contribution in [2.75, 3.05) is 5.73 Å². The predicted octanol–water partition coefficient (Wildman–Crippen LogP) is 1.58. The Morgan fingerprint density at radius 2 is 2.29 bits per heavy atom. The summed E-state index contributed by atoms with van der Waals surface area (Å²) in [6.07, 6.45) is 2.24. The molecule has 0 saturated carbocycles. The van der Waals surface area contributed by atoms with Gasteiger partial charge in [-0.3, -0.25) is 0 Å². The standard InChI is InChI=1S/C9H11NO2S2/c1-2-4-7-5-3-6-8(9(7)10)14(11,12)13/h2-3,5-6H,1,4,10H2,(H,11,12,13). The van der Waals surface area contributed by atoms with Crippen molar-refractivity contribution in [3.8, 4) is 0 Å². The smallest absolute Gasteiger partial charge is 0.173 e. The van der Waals surface area contributed by atoms with Gasteiger partial charge in [-0.25, -0.2) is 4.21 Å². The number of hydrogen-bond acceptors (Lipinski definition) is 3. The normalized spacial score (nSPS) is 14.6. The predicted molar refractivity (Wildman–Crippen MR) is 61.2 cm³/mol. The van der Waals surface area contributed by atoms with Crippen LogP contribution >= 0.6 is 0 Å². The van der Waals surface area contributed by atoms with Crippen molar-refractivity contribution < 1.29 is 8.76 Å². The minimum absolute atomic E-state index is 0.117. The second-order valence-electron chi connectivity index (χ2n) is 2.80. The van der Waals surface area contributed by atoms with Crippen LogP contribution in [0, 0.1) is 0 Å². The van der Waals surface area contributed by atoms with Crippen LogP contribution in [0.1, 0.15) is 5.56 Å². The molecule has 0 fully saturated rings. The topological polar surface area (TPSA) is 63.3 Å². The lowest BCUT2D eigenvalue weighted by Gasteiger charge is -2.08. The average Bonchev–Trinajstić information content (AvgIpc) is 2.07. The van der Waals surface area contributed by atoms with E-state index in [2.05, 4.69) is 17.8 Å². The number of para-hydroxylation sites is 1. The van der Waals surface area contributed by atoms with Gasteiger partial charge in [0, 0.05) is 11.2 Å². The molecule has 76 valence electrons. The second-order valence-corrected chi connectivity index (χ2v) is 5.54. The summed E-state index contributed by atoms with van der Waals surface area (Å²) in [5.74, 6) is 0. The zero-order valence-electron chi connectivity index (χ0n) is 7.47. The van der Waals surface area contributed by atoms with Crippen molar-refractivity contribution in [2.24, 2.45) is 0 Å². The maximum atomic E-state index is 11.2. The molecule has 0 aliphatic heterocycles. The highest BCUT2D eigenvalue weighted by atomic mass is 32.8. The Kier molecular flexibility index (Phi) is 3.25. The van der Waals surface area contributed by atoms with Gasteiger partial charge in [0.25, 0.3) is 0 Å². The van der Waals surface area contributed by atoms with E-state index in [-0.39, 0.29) is 10.6 Å². The van der Waals surface area contributed by atoms with E-state index >= 15 is 0 Å². The van der Waals surface area contributed by atoms with E-state index in [1.807, 2.05) is 0 Å². The molecule has 0 spiro atoms. The summed E-state index contributed by atoms with van der Waals surface area (Å²) < 4.78 is 20.4. The largest absolute Gasteiger partial charge is 0.397 e. The van der Waals surface area contributed by atoms with Crippen LogP contribution in [-0.2, 0) is 26.4 Å². The molecule has 5 heteroatoms. The van der Waals surface area contributed by atoms with Crippen molar-refractivity contribution in [3.63, 3.8) is 0 Å². The molecular weight excluding hydrogens is 218 g/mol. The Balaban J connectivity index is 3.35. The molecule has 1 unspecified atom stereocenters.